The maximum Gasteiger partial charge on any atom is 0.266 e. The predicted molar refractivity (Wildman–Crippen MR) is 111 cm³/mol. The zero-order valence-corrected chi connectivity index (χ0v) is 18.4. The van der Waals surface area contributed by atoms with Crippen LogP contribution in [0.2, 0.25) is 10.0 Å². The SMILES string of the molecule is COc1ccc(CN(c2nccs2)S(=O)(=O)c2cc(Cl)c(F)c(Cl)c2)c(OC)c1. The summed E-state index contributed by atoms with van der Waals surface area (Å²) in [5.74, 6) is 0.118. The molecule has 1 aromatic heterocycles. The summed E-state index contributed by atoms with van der Waals surface area (Å²) in [6.07, 6.45) is 1.48. The number of hydrogen-bond acceptors (Lipinski definition) is 6. The molecule has 0 aliphatic carbocycles. The van der Waals surface area contributed by atoms with Crippen molar-refractivity contribution in [1.29, 1.82) is 0 Å². The van der Waals surface area contributed by atoms with E-state index in [-0.39, 0.29) is 16.6 Å². The van der Waals surface area contributed by atoms with Gasteiger partial charge in [-0.25, -0.2) is 22.1 Å². The summed E-state index contributed by atoms with van der Waals surface area (Å²) in [5.41, 5.74) is 0.575. The van der Waals surface area contributed by atoms with Crippen LogP contribution in [0.1, 0.15) is 5.56 Å². The molecule has 3 aromatic rings. The van der Waals surface area contributed by atoms with Crippen LogP contribution in [-0.4, -0.2) is 27.6 Å². The van der Waals surface area contributed by atoms with E-state index in [1.807, 2.05) is 0 Å². The number of halogens is 3. The van der Waals surface area contributed by atoms with Crippen LogP contribution in [0.3, 0.4) is 0 Å². The van der Waals surface area contributed by atoms with Gasteiger partial charge in [0.05, 0.1) is 35.7 Å². The van der Waals surface area contributed by atoms with E-state index in [9.17, 15) is 12.8 Å². The fourth-order valence-electron chi connectivity index (χ4n) is 2.54. The lowest BCUT2D eigenvalue weighted by Gasteiger charge is -2.23. The van der Waals surface area contributed by atoms with Crippen LogP contribution >= 0.6 is 34.5 Å². The fraction of sp³-hybridized carbons (Fsp3) is 0.167. The topological polar surface area (TPSA) is 68.7 Å². The molecule has 0 unspecified atom stereocenters. The van der Waals surface area contributed by atoms with E-state index < -0.39 is 25.9 Å². The molecule has 11 heteroatoms. The molecule has 154 valence electrons. The molecule has 0 spiro atoms. The Balaban J connectivity index is 2.10. The van der Waals surface area contributed by atoms with E-state index in [2.05, 4.69) is 4.98 Å². The van der Waals surface area contributed by atoms with Gasteiger partial charge in [-0.05, 0) is 24.3 Å². The van der Waals surface area contributed by atoms with Gasteiger partial charge in [-0.2, -0.15) is 0 Å². The minimum Gasteiger partial charge on any atom is -0.497 e. The molecule has 3 rings (SSSR count). The lowest BCUT2D eigenvalue weighted by atomic mass is 10.2. The van der Waals surface area contributed by atoms with Crippen molar-refractivity contribution in [2.75, 3.05) is 18.5 Å². The van der Waals surface area contributed by atoms with Crippen LogP contribution in [-0.2, 0) is 16.6 Å². The number of anilines is 1. The molecule has 29 heavy (non-hydrogen) atoms. The molecule has 0 bridgehead atoms. The highest BCUT2D eigenvalue weighted by Crippen LogP contribution is 2.34. The molecule has 2 aromatic carbocycles. The Morgan fingerprint density at radius 3 is 2.38 bits per heavy atom. The van der Waals surface area contributed by atoms with Gasteiger partial charge in [0.1, 0.15) is 11.5 Å². The van der Waals surface area contributed by atoms with Gasteiger partial charge >= 0.3 is 0 Å². The van der Waals surface area contributed by atoms with Crippen LogP contribution in [0.5, 0.6) is 11.5 Å². The number of methoxy groups -OCH3 is 2. The van der Waals surface area contributed by atoms with E-state index in [0.717, 1.165) is 27.8 Å². The third kappa shape index (κ3) is 4.42. The summed E-state index contributed by atoms with van der Waals surface area (Å²) < 4.78 is 52.1. The van der Waals surface area contributed by atoms with Crippen molar-refractivity contribution in [2.24, 2.45) is 0 Å². The Bertz CT molecular complexity index is 1100. The minimum atomic E-state index is -4.17. The molecule has 0 atom stereocenters. The van der Waals surface area contributed by atoms with Crippen molar-refractivity contribution >= 4 is 49.7 Å². The number of sulfonamides is 1. The van der Waals surface area contributed by atoms with E-state index in [1.165, 1.54) is 20.4 Å². The maximum absolute atomic E-state index is 13.8. The first-order valence-electron chi connectivity index (χ1n) is 8.05. The molecule has 0 amide bonds. The molecule has 0 fully saturated rings. The Kier molecular flexibility index (Phi) is 6.52. The summed E-state index contributed by atoms with van der Waals surface area (Å²) >= 11 is 12.7. The second kappa shape index (κ2) is 8.74. The summed E-state index contributed by atoms with van der Waals surface area (Å²) in [6.45, 7) is -0.0877. The van der Waals surface area contributed by atoms with Crippen LogP contribution in [0, 0.1) is 5.82 Å². The number of thiazole rings is 1. The third-order valence-corrected chi connectivity index (χ3v) is 7.16. The third-order valence-electron chi connectivity index (χ3n) is 3.99. The molecule has 0 saturated carbocycles. The van der Waals surface area contributed by atoms with E-state index >= 15 is 0 Å². The molecule has 0 aliphatic heterocycles. The summed E-state index contributed by atoms with van der Waals surface area (Å²) in [6, 6.07) is 7.07. The first-order chi connectivity index (χ1) is 13.8. The Morgan fingerprint density at radius 1 is 1.14 bits per heavy atom. The van der Waals surface area contributed by atoms with E-state index in [4.69, 9.17) is 32.7 Å². The van der Waals surface area contributed by atoms with Gasteiger partial charge in [0.15, 0.2) is 10.9 Å². The van der Waals surface area contributed by atoms with Gasteiger partial charge in [0, 0.05) is 23.2 Å². The number of aromatic nitrogens is 1. The largest absolute Gasteiger partial charge is 0.497 e. The van der Waals surface area contributed by atoms with Crippen LogP contribution < -0.4 is 13.8 Å². The van der Waals surface area contributed by atoms with Crippen LogP contribution in [0.15, 0.2) is 46.8 Å². The monoisotopic (exact) mass is 476 g/mol. The molecule has 0 N–H and O–H groups in total. The van der Waals surface area contributed by atoms with Gasteiger partial charge in [-0.1, -0.05) is 23.2 Å². The number of benzene rings is 2. The lowest BCUT2D eigenvalue weighted by Crippen LogP contribution is -2.30. The van der Waals surface area contributed by atoms with Gasteiger partial charge in [-0.3, -0.25) is 0 Å². The van der Waals surface area contributed by atoms with Crippen LogP contribution in [0.25, 0.3) is 0 Å². The highest BCUT2D eigenvalue weighted by atomic mass is 35.5. The van der Waals surface area contributed by atoms with Crippen LogP contribution in [0.4, 0.5) is 9.52 Å². The van der Waals surface area contributed by atoms with Crippen molar-refractivity contribution in [3.8, 4) is 11.5 Å². The Labute approximate surface area is 181 Å². The molecular weight excluding hydrogens is 462 g/mol. The number of hydrogen-bond donors (Lipinski definition) is 0. The van der Waals surface area contributed by atoms with Gasteiger partial charge in [0.2, 0.25) is 0 Å². The average molecular weight is 477 g/mol. The van der Waals surface area contributed by atoms with Crippen molar-refractivity contribution in [1.82, 2.24) is 4.98 Å². The summed E-state index contributed by atoms with van der Waals surface area (Å²) in [4.78, 5) is 3.86. The minimum absolute atomic E-state index is 0.0877. The van der Waals surface area contributed by atoms with Gasteiger partial charge in [0.25, 0.3) is 10.0 Å². The maximum atomic E-state index is 13.8. The standard InChI is InChI=1S/C18H15Cl2FN2O4S2/c1-26-12-4-3-11(16(7-12)27-2)10-23(18-22-5-6-28-18)29(24,25)13-8-14(19)17(21)15(20)9-13/h3-9H,10H2,1-2H3. The van der Waals surface area contributed by atoms with Crippen molar-refractivity contribution in [2.45, 2.75) is 11.4 Å². The highest BCUT2D eigenvalue weighted by molar-refractivity contribution is 7.93. The molecule has 0 aliphatic rings. The molecule has 6 nitrogen and oxygen atoms in total. The number of rotatable bonds is 7. The van der Waals surface area contributed by atoms with E-state index in [0.29, 0.717) is 17.1 Å². The van der Waals surface area contributed by atoms with Crippen molar-refractivity contribution in [3.05, 3.63) is 63.3 Å². The van der Waals surface area contributed by atoms with Gasteiger partial charge < -0.3 is 9.47 Å². The molecular formula is C18H15Cl2FN2O4S2. The second-order valence-electron chi connectivity index (χ2n) is 5.71. The molecule has 0 radical (unpaired) electrons. The normalized spacial score (nSPS) is 11.3. The summed E-state index contributed by atoms with van der Waals surface area (Å²) in [7, 11) is -1.18. The first kappa shape index (κ1) is 21.6. The van der Waals surface area contributed by atoms with Crippen molar-refractivity contribution in [3.63, 3.8) is 0 Å². The number of ether oxygens (including phenoxy) is 2. The van der Waals surface area contributed by atoms with Crippen molar-refractivity contribution < 1.29 is 22.3 Å². The average Bonchev–Trinajstić information content (AvgIpc) is 3.23. The number of nitrogens with zero attached hydrogens (tertiary/aromatic N) is 2. The van der Waals surface area contributed by atoms with E-state index in [1.54, 1.807) is 23.6 Å². The zero-order valence-electron chi connectivity index (χ0n) is 15.2. The predicted octanol–water partition coefficient (Wildman–Crippen LogP) is 5.00. The first-order valence-corrected chi connectivity index (χ1v) is 11.1. The Morgan fingerprint density at radius 2 is 1.83 bits per heavy atom. The smallest absolute Gasteiger partial charge is 0.266 e. The second-order valence-corrected chi connectivity index (χ2v) is 9.25. The fourth-order valence-corrected chi connectivity index (χ4v) is 5.48. The summed E-state index contributed by atoms with van der Waals surface area (Å²) in [5, 5.41) is 1.09. The molecule has 0 saturated heterocycles. The highest BCUT2D eigenvalue weighted by Gasteiger charge is 2.29. The molecule has 1 heterocycles. The zero-order chi connectivity index (χ0) is 21.2. The quantitative estimate of drug-likeness (QED) is 0.448. The lowest BCUT2D eigenvalue weighted by molar-refractivity contribution is 0.391. The Hall–Kier alpha value is -2.07. The van der Waals surface area contributed by atoms with Gasteiger partial charge in [-0.15, -0.1) is 11.3 Å².